The number of para-hydroxylation sites is 1. The summed E-state index contributed by atoms with van der Waals surface area (Å²) in [5.41, 5.74) is 0.823. The molecule has 0 spiro atoms. The number of nitrogens with zero attached hydrogens (tertiary/aromatic N) is 1. The van der Waals surface area contributed by atoms with Crippen LogP contribution < -0.4 is 5.06 Å². The molecule has 1 aromatic carbocycles. The van der Waals surface area contributed by atoms with E-state index in [9.17, 15) is 4.79 Å². The second-order valence-corrected chi connectivity index (χ2v) is 6.48. The highest BCUT2D eigenvalue weighted by molar-refractivity contribution is 6.03. The SMILES string of the molecule is CC1(C)C(=O)[C@@]2(C)CC(CCO)ON2c2ccccc21. The van der Waals surface area contributed by atoms with Crippen LogP contribution in [0, 0.1) is 0 Å². The van der Waals surface area contributed by atoms with E-state index in [2.05, 4.69) is 0 Å². The van der Waals surface area contributed by atoms with Gasteiger partial charge in [-0.1, -0.05) is 18.2 Å². The van der Waals surface area contributed by atoms with Crippen molar-refractivity contribution in [2.24, 2.45) is 0 Å². The van der Waals surface area contributed by atoms with E-state index in [1.165, 1.54) is 0 Å². The number of aliphatic hydroxyl groups is 1. The predicted octanol–water partition coefficient (Wildman–Crippen LogP) is 2.20. The monoisotopic (exact) mass is 275 g/mol. The molecule has 1 aromatic rings. The largest absolute Gasteiger partial charge is 0.396 e. The number of hydroxylamine groups is 1. The van der Waals surface area contributed by atoms with Crippen LogP contribution in [-0.2, 0) is 15.0 Å². The third-order valence-corrected chi connectivity index (χ3v) is 4.63. The van der Waals surface area contributed by atoms with E-state index >= 15 is 0 Å². The van der Waals surface area contributed by atoms with Gasteiger partial charge in [0.1, 0.15) is 5.54 Å². The Morgan fingerprint density at radius 3 is 2.75 bits per heavy atom. The number of Topliss-reactive ketones (excluding diaryl/α,β-unsaturated/α-hetero) is 1. The number of hydrogen-bond acceptors (Lipinski definition) is 4. The van der Waals surface area contributed by atoms with E-state index in [0.29, 0.717) is 12.8 Å². The van der Waals surface area contributed by atoms with Gasteiger partial charge in [0.15, 0.2) is 5.78 Å². The smallest absolute Gasteiger partial charge is 0.170 e. The molecule has 0 radical (unpaired) electrons. The van der Waals surface area contributed by atoms with Crippen LogP contribution in [0.5, 0.6) is 0 Å². The second kappa shape index (κ2) is 4.30. The third kappa shape index (κ3) is 1.64. The number of rotatable bonds is 2. The summed E-state index contributed by atoms with van der Waals surface area (Å²) in [6.07, 6.45) is 1.09. The molecule has 4 nitrogen and oxygen atoms in total. The number of hydrogen-bond donors (Lipinski definition) is 1. The lowest BCUT2D eigenvalue weighted by molar-refractivity contribution is -0.130. The van der Waals surface area contributed by atoms with Crippen molar-refractivity contribution in [1.29, 1.82) is 0 Å². The van der Waals surface area contributed by atoms with Crippen molar-refractivity contribution in [2.45, 2.75) is 50.7 Å². The highest BCUT2D eigenvalue weighted by Crippen LogP contribution is 2.49. The molecule has 1 saturated heterocycles. The number of ketones is 1. The Morgan fingerprint density at radius 2 is 2.05 bits per heavy atom. The Bertz CT molecular complexity index is 554. The summed E-state index contributed by atoms with van der Waals surface area (Å²) in [6.45, 7) is 5.99. The first-order chi connectivity index (χ1) is 9.41. The second-order valence-electron chi connectivity index (χ2n) is 6.48. The minimum atomic E-state index is -0.641. The van der Waals surface area contributed by atoms with Crippen molar-refractivity contribution >= 4 is 11.5 Å². The Hall–Kier alpha value is -1.39. The molecule has 0 aromatic heterocycles. The van der Waals surface area contributed by atoms with Crippen molar-refractivity contribution in [3.63, 3.8) is 0 Å². The predicted molar refractivity (Wildman–Crippen MR) is 76.6 cm³/mol. The fourth-order valence-electron chi connectivity index (χ4n) is 3.61. The van der Waals surface area contributed by atoms with Gasteiger partial charge in [0.25, 0.3) is 0 Å². The Kier molecular flexibility index (Phi) is 2.92. The Labute approximate surface area is 119 Å². The van der Waals surface area contributed by atoms with Crippen molar-refractivity contribution in [3.05, 3.63) is 29.8 Å². The summed E-state index contributed by atoms with van der Waals surface area (Å²) < 4.78 is 0. The lowest BCUT2D eigenvalue weighted by atomic mass is 9.68. The summed E-state index contributed by atoms with van der Waals surface area (Å²) in [4.78, 5) is 18.9. The van der Waals surface area contributed by atoms with Crippen LogP contribution in [0.2, 0.25) is 0 Å². The molecule has 0 saturated carbocycles. The first-order valence-electron chi connectivity index (χ1n) is 7.13. The Morgan fingerprint density at radius 1 is 1.35 bits per heavy atom. The maximum atomic E-state index is 13.0. The summed E-state index contributed by atoms with van der Waals surface area (Å²) in [5.74, 6) is 0.184. The van der Waals surface area contributed by atoms with Gasteiger partial charge in [-0.05, 0) is 38.8 Å². The average Bonchev–Trinajstić information content (AvgIpc) is 2.76. The highest BCUT2D eigenvalue weighted by atomic mass is 16.7. The van der Waals surface area contributed by atoms with Crippen LogP contribution in [-0.4, -0.2) is 29.1 Å². The first-order valence-corrected chi connectivity index (χ1v) is 7.13. The molecule has 2 aliphatic heterocycles. The van der Waals surface area contributed by atoms with Gasteiger partial charge in [-0.25, -0.2) is 5.06 Å². The number of aliphatic hydroxyl groups excluding tert-OH is 1. The van der Waals surface area contributed by atoms with Gasteiger partial charge in [-0.2, -0.15) is 0 Å². The van der Waals surface area contributed by atoms with E-state index in [1.54, 1.807) is 5.06 Å². The van der Waals surface area contributed by atoms with Gasteiger partial charge in [0.2, 0.25) is 0 Å². The first kappa shape index (κ1) is 13.6. The minimum Gasteiger partial charge on any atom is -0.396 e. The van der Waals surface area contributed by atoms with E-state index in [1.807, 2.05) is 45.0 Å². The molecular weight excluding hydrogens is 254 g/mol. The van der Waals surface area contributed by atoms with Crippen LogP contribution in [0.3, 0.4) is 0 Å². The molecule has 2 aliphatic rings. The van der Waals surface area contributed by atoms with Gasteiger partial charge in [0.05, 0.1) is 17.2 Å². The fraction of sp³-hybridized carbons (Fsp3) is 0.562. The molecule has 108 valence electrons. The molecule has 0 amide bonds. The molecule has 20 heavy (non-hydrogen) atoms. The number of anilines is 1. The average molecular weight is 275 g/mol. The number of carbonyl (C=O) groups excluding carboxylic acids is 1. The summed E-state index contributed by atoms with van der Waals surface area (Å²) in [6, 6.07) is 7.92. The minimum absolute atomic E-state index is 0.0772. The normalized spacial score (nSPS) is 31.1. The molecule has 1 fully saturated rings. The molecule has 4 heteroatoms. The van der Waals surface area contributed by atoms with Crippen LogP contribution >= 0.6 is 0 Å². The zero-order valence-electron chi connectivity index (χ0n) is 12.2. The number of benzene rings is 1. The highest BCUT2D eigenvalue weighted by Gasteiger charge is 2.57. The van der Waals surface area contributed by atoms with Crippen molar-refractivity contribution in [1.82, 2.24) is 0 Å². The molecule has 0 bridgehead atoms. The molecular formula is C16H21NO3. The third-order valence-electron chi connectivity index (χ3n) is 4.63. The van der Waals surface area contributed by atoms with Crippen LogP contribution in [0.4, 0.5) is 5.69 Å². The summed E-state index contributed by atoms with van der Waals surface area (Å²) in [5, 5.41) is 10.9. The van der Waals surface area contributed by atoms with Gasteiger partial charge >= 0.3 is 0 Å². The van der Waals surface area contributed by atoms with E-state index < -0.39 is 11.0 Å². The maximum absolute atomic E-state index is 13.0. The lowest BCUT2D eigenvalue weighted by Crippen LogP contribution is -2.58. The molecule has 1 N–H and O–H groups in total. The molecule has 1 unspecified atom stereocenters. The maximum Gasteiger partial charge on any atom is 0.170 e. The number of carbonyl (C=O) groups is 1. The van der Waals surface area contributed by atoms with Gasteiger partial charge < -0.3 is 5.11 Å². The lowest BCUT2D eigenvalue weighted by Gasteiger charge is -2.45. The molecule has 3 rings (SSSR count). The quantitative estimate of drug-likeness (QED) is 0.899. The van der Waals surface area contributed by atoms with Gasteiger partial charge in [0, 0.05) is 13.0 Å². The van der Waals surface area contributed by atoms with E-state index in [-0.39, 0.29) is 18.5 Å². The van der Waals surface area contributed by atoms with Crippen molar-refractivity contribution in [3.8, 4) is 0 Å². The van der Waals surface area contributed by atoms with E-state index in [0.717, 1.165) is 11.3 Å². The summed E-state index contributed by atoms with van der Waals surface area (Å²) in [7, 11) is 0. The molecule has 2 atom stereocenters. The van der Waals surface area contributed by atoms with Gasteiger partial charge in [-0.3, -0.25) is 9.63 Å². The van der Waals surface area contributed by atoms with Crippen LogP contribution in [0.15, 0.2) is 24.3 Å². The van der Waals surface area contributed by atoms with Crippen LogP contribution in [0.25, 0.3) is 0 Å². The molecule has 0 aliphatic carbocycles. The van der Waals surface area contributed by atoms with Crippen molar-refractivity contribution < 1.29 is 14.7 Å². The van der Waals surface area contributed by atoms with Crippen molar-refractivity contribution in [2.75, 3.05) is 11.7 Å². The molecule has 2 heterocycles. The van der Waals surface area contributed by atoms with E-state index in [4.69, 9.17) is 9.94 Å². The van der Waals surface area contributed by atoms with Crippen LogP contribution in [0.1, 0.15) is 39.2 Å². The standard InChI is InChI=1S/C16H21NO3/c1-15(2)12-6-4-5-7-13(12)17-16(3,14(15)19)10-11(20-17)8-9-18/h4-7,11,18H,8-10H2,1-3H3/t11?,16-/m1/s1. The fourth-order valence-corrected chi connectivity index (χ4v) is 3.61. The zero-order chi connectivity index (χ0) is 14.5. The Balaban J connectivity index is 2.12. The number of fused-ring (bicyclic) bond motifs is 3. The zero-order valence-corrected chi connectivity index (χ0v) is 12.2. The van der Waals surface area contributed by atoms with Gasteiger partial charge in [-0.15, -0.1) is 0 Å². The topological polar surface area (TPSA) is 49.8 Å². The summed E-state index contributed by atoms with van der Waals surface area (Å²) >= 11 is 0.